The molecule has 0 bridgehead atoms. The smallest absolute Gasteiger partial charge is 0.262 e. The van der Waals surface area contributed by atoms with Crippen LogP contribution in [0.4, 0.5) is 0 Å². The Labute approximate surface area is 118 Å². The second-order valence-corrected chi connectivity index (χ2v) is 5.82. The fraction of sp³-hybridized carbons (Fsp3) is 0.533. The summed E-state index contributed by atoms with van der Waals surface area (Å²) >= 11 is 0. The van der Waals surface area contributed by atoms with Crippen LogP contribution in [0, 0.1) is 5.92 Å². The first-order chi connectivity index (χ1) is 9.65. The van der Waals surface area contributed by atoms with Crippen molar-refractivity contribution < 1.29 is 0 Å². The third-order valence-corrected chi connectivity index (χ3v) is 4.10. The third-order valence-electron chi connectivity index (χ3n) is 4.10. The van der Waals surface area contributed by atoms with Crippen LogP contribution in [0.5, 0.6) is 0 Å². The summed E-state index contributed by atoms with van der Waals surface area (Å²) in [6, 6.07) is 4.16. The molecular formula is C15H20N4O. The van der Waals surface area contributed by atoms with E-state index < -0.39 is 0 Å². The molecule has 3 rings (SSSR count). The van der Waals surface area contributed by atoms with Gasteiger partial charge < -0.3 is 4.90 Å². The Kier molecular flexibility index (Phi) is 3.53. The predicted octanol–water partition coefficient (Wildman–Crippen LogP) is 1.52. The van der Waals surface area contributed by atoms with Crippen LogP contribution in [0.3, 0.4) is 0 Å². The molecule has 0 spiro atoms. The van der Waals surface area contributed by atoms with E-state index >= 15 is 0 Å². The van der Waals surface area contributed by atoms with Gasteiger partial charge in [0.15, 0.2) is 5.65 Å². The molecule has 2 aromatic heterocycles. The highest BCUT2D eigenvalue weighted by Gasteiger charge is 2.24. The molecular weight excluding hydrogens is 252 g/mol. The van der Waals surface area contributed by atoms with Gasteiger partial charge >= 0.3 is 0 Å². The van der Waals surface area contributed by atoms with Gasteiger partial charge in [0, 0.05) is 25.3 Å². The van der Waals surface area contributed by atoms with Crippen LogP contribution in [0.15, 0.2) is 29.5 Å². The summed E-state index contributed by atoms with van der Waals surface area (Å²) in [5.41, 5.74) is 0.551. The van der Waals surface area contributed by atoms with Crippen molar-refractivity contribution in [3.05, 3.63) is 35.0 Å². The molecule has 5 heteroatoms. The minimum Gasteiger partial charge on any atom is -0.301 e. The van der Waals surface area contributed by atoms with Gasteiger partial charge in [0.25, 0.3) is 5.56 Å². The Morgan fingerprint density at radius 3 is 3.00 bits per heavy atom. The van der Waals surface area contributed by atoms with Crippen molar-refractivity contribution in [3.63, 3.8) is 0 Å². The number of likely N-dealkylation sites (tertiary alicyclic amines) is 1. The van der Waals surface area contributed by atoms with E-state index in [1.807, 2.05) is 0 Å². The largest absolute Gasteiger partial charge is 0.301 e. The molecule has 1 atom stereocenters. The molecule has 2 aromatic rings. The molecule has 3 heterocycles. The Morgan fingerprint density at radius 2 is 2.25 bits per heavy atom. The van der Waals surface area contributed by atoms with Crippen LogP contribution in [0.1, 0.15) is 20.3 Å². The van der Waals surface area contributed by atoms with Crippen LogP contribution in [-0.2, 0) is 6.54 Å². The zero-order valence-corrected chi connectivity index (χ0v) is 12.0. The minimum absolute atomic E-state index is 0.0195. The molecule has 1 aliphatic heterocycles. The van der Waals surface area contributed by atoms with Crippen molar-refractivity contribution >= 4 is 11.0 Å². The van der Waals surface area contributed by atoms with E-state index in [0.29, 0.717) is 23.0 Å². The molecule has 0 aliphatic carbocycles. The van der Waals surface area contributed by atoms with E-state index in [-0.39, 0.29) is 5.56 Å². The SMILES string of the molecule is CC(C)N1CCC(Cn2cnc3ncccc3c2=O)C1. The van der Waals surface area contributed by atoms with Gasteiger partial charge in [0.05, 0.1) is 11.7 Å². The van der Waals surface area contributed by atoms with Crippen LogP contribution in [0.25, 0.3) is 11.0 Å². The summed E-state index contributed by atoms with van der Waals surface area (Å²) < 4.78 is 1.73. The van der Waals surface area contributed by atoms with Crippen molar-refractivity contribution in [3.8, 4) is 0 Å². The Bertz CT molecular complexity index is 664. The number of hydrogen-bond donors (Lipinski definition) is 0. The standard InChI is InChI=1S/C15H20N4O/c1-11(2)18-7-5-12(8-18)9-19-10-17-14-13(15(19)20)4-3-6-16-14/h3-4,6,10-12H,5,7-9H2,1-2H3. The summed E-state index contributed by atoms with van der Waals surface area (Å²) in [4.78, 5) is 23.3. The lowest BCUT2D eigenvalue weighted by atomic mass is 10.1. The molecule has 1 unspecified atom stereocenters. The second-order valence-electron chi connectivity index (χ2n) is 5.82. The molecule has 106 valence electrons. The maximum absolute atomic E-state index is 12.4. The Hall–Kier alpha value is -1.75. The molecule has 0 N–H and O–H groups in total. The van der Waals surface area contributed by atoms with E-state index in [9.17, 15) is 4.79 Å². The van der Waals surface area contributed by atoms with E-state index in [2.05, 4.69) is 28.7 Å². The van der Waals surface area contributed by atoms with E-state index in [4.69, 9.17) is 0 Å². The maximum atomic E-state index is 12.4. The summed E-state index contributed by atoms with van der Waals surface area (Å²) in [6.45, 7) is 7.38. The molecule has 1 fully saturated rings. The number of hydrogen-bond acceptors (Lipinski definition) is 4. The van der Waals surface area contributed by atoms with Gasteiger partial charge in [0.2, 0.25) is 0 Å². The summed E-state index contributed by atoms with van der Waals surface area (Å²) in [5.74, 6) is 0.533. The van der Waals surface area contributed by atoms with Gasteiger partial charge in [-0.05, 0) is 44.9 Å². The first kappa shape index (κ1) is 13.2. The average molecular weight is 272 g/mol. The van der Waals surface area contributed by atoms with Crippen molar-refractivity contribution in [1.82, 2.24) is 19.4 Å². The van der Waals surface area contributed by atoms with Gasteiger partial charge in [-0.3, -0.25) is 9.36 Å². The topological polar surface area (TPSA) is 51.0 Å². The number of aromatic nitrogens is 3. The second kappa shape index (κ2) is 5.32. The average Bonchev–Trinajstić information content (AvgIpc) is 2.91. The Balaban J connectivity index is 1.82. The Morgan fingerprint density at radius 1 is 1.40 bits per heavy atom. The monoisotopic (exact) mass is 272 g/mol. The number of fused-ring (bicyclic) bond motifs is 1. The molecule has 0 radical (unpaired) electrons. The lowest BCUT2D eigenvalue weighted by molar-refractivity contribution is 0.260. The molecule has 1 saturated heterocycles. The maximum Gasteiger partial charge on any atom is 0.262 e. The normalized spacial score (nSPS) is 20.1. The molecule has 0 saturated carbocycles. The number of pyridine rings is 1. The number of nitrogens with zero attached hydrogens (tertiary/aromatic N) is 4. The van der Waals surface area contributed by atoms with Crippen LogP contribution >= 0.6 is 0 Å². The van der Waals surface area contributed by atoms with Gasteiger partial charge in [0.1, 0.15) is 0 Å². The van der Waals surface area contributed by atoms with Gasteiger partial charge in [-0.25, -0.2) is 9.97 Å². The summed E-state index contributed by atoms with van der Waals surface area (Å²) in [7, 11) is 0. The molecule has 0 aromatic carbocycles. The van der Waals surface area contributed by atoms with Gasteiger partial charge in [-0.1, -0.05) is 0 Å². The van der Waals surface area contributed by atoms with Crippen molar-refractivity contribution in [2.75, 3.05) is 13.1 Å². The molecule has 5 nitrogen and oxygen atoms in total. The van der Waals surface area contributed by atoms with E-state index in [1.165, 1.54) is 0 Å². The first-order valence-electron chi connectivity index (χ1n) is 7.19. The van der Waals surface area contributed by atoms with Gasteiger partial charge in [-0.15, -0.1) is 0 Å². The highest BCUT2D eigenvalue weighted by atomic mass is 16.1. The number of rotatable bonds is 3. The highest BCUT2D eigenvalue weighted by Crippen LogP contribution is 2.19. The van der Waals surface area contributed by atoms with Crippen LogP contribution in [-0.4, -0.2) is 38.6 Å². The zero-order valence-electron chi connectivity index (χ0n) is 12.0. The summed E-state index contributed by atoms with van der Waals surface area (Å²) in [5, 5.41) is 0.605. The predicted molar refractivity (Wildman–Crippen MR) is 78.6 cm³/mol. The quantitative estimate of drug-likeness (QED) is 0.850. The van der Waals surface area contributed by atoms with Gasteiger partial charge in [-0.2, -0.15) is 0 Å². The third kappa shape index (κ3) is 2.45. The molecule has 1 aliphatic rings. The lowest BCUT2D eigenvalue weighted by Gasteiger charge is -2.20. The van der Waals surface area contributed by atoms with Crippen LogP contribution in [0.2, 0.25) is 0 Å². The fourth-order valence-electron chi connectivity index (χ4n) is 2.89. The first-order valence-corrected chi connectivity index (χ1v) is 7.19. The zero-order chi connectivity index (χ0) is 14.1. The van der Waals surface area contributed by atoms with Crippen molar-refractivity contribution in [2.24, 2.45) is 5.92 Å². The molecule has 0 amide bonds. The fourth-order valence-corrected chi connectivity index (χ4v) is 2.89. The van der Waals surface area contributed by atoms with Crippen molar-refractivity contribution in [1.29, 1.82) is 0 Å². The minimum atomic E-state index is 0.0195. The lowest BCUT2D eigenvalue weighted by Crippen LogP contribution is -2.30. The van der Waals surface area contributed by atoms with E-state index in [1.54, 1.807) is 29.2 Å². The summed E-state index contributed by atoms with van der Waals surface area (Å²) in [6.07, 6.45) is 4.45. The highest BCUT2D eigenvalue weighted by molar-refractivity contribution is 5.72. The van der Waals surface area contributed by atoms with E-state index in [0.717, 1.165) is 26.1 Å². The molecule has 20 heavy (non-hydrogen) atoms. The van der Waals surface area contributed by atoms with Crippen LogP contribution < -0.4 is 5.56 Å². The van der Waals surface area contributed by atoms with Crippen molar-refractivity contribution in [2.45, 2.75) is 32.9 Å².